The van der Waals surface area contributed by atoms with Gasteiger partial charge in [-0.1, -0.05) is 6.08 Å². The molecule has 1 fully saturated rings. The number of amides is 1. The highest BCUT2D eigenvalue weighted by molar-refractivity contribution is 5.78. The number of carbonyl (C=O) groups is 1. The van der Waals surface area contributed by atoms with Crippen LogP contribution in [0.15, 0.2) is 18.3 Å². The zero-order valence-corrected chi connectivity index (χ0v) is 23.6. The summed E-state index contributed by atoms with van der Waals surface area (Å²) in [7, 11) is 3.48. The summed E-state index contributed by atoms with van der Waals surface area (Å²) in [5.41, 5.74) is -0.649. The minimum absolute atomic E-state index is 0.0130. The minimum atomic E-state index is -4.41. The van der Waals surface area contributed by atoms with E-state index in [9.17, 15) is 18.0 Å². The number of hydrogen-bond donors (Lipinski definition) is 1. The molecule has 3 atom stereocenters. The molecular formula is C27H44F4N6O2. The second-order valence-electron chi connectivity index (χ2n) is 11.2. The van der Waals surface area contributed by atoms with Gasteiger partial charge in [0.15, 0.2) is 6.10 Å². The van der Waals surface area contributed by atoms with E-state index in [2.05, 4.69) is 20.4 Å². The highest BCUT2D eigenvalue weighted by Gasteiger charge is 2.39. The van der Waals surface area contributed by atoms with Crippen LogP contribution in [0.5, 0.6) is 0 Å². The van der Waals surface area contributed by atoms with E-state index < -0.39 is 24.2 Å². The molecule has 39 heavy (non-hydrogen) atoms. The summed E-state index contributed by atoms with van der Waals surface area (Å²) >= 11 is 0. The molecule has 1 N–H and O–H groups in total. The van der Waals surface area contributed by atoms with E-state index in [0.29, 0.717) is 44.3 Å². The summed E-state index contributed by atoms with van der Waals surface area (Å²) in [6, 6.07) is -0.0462. The quantitative estimate of drug-likeness (QED) is 0.380. The van der Waals surface area contributed by atoms with Gasteiger partial charge in [-0.25, -0.2) is 4.39 Å². The van der Waals surface area contributed by atoms with Crippen LogP contribution in [0.2, 0.25) is 0 Å². The van der Waals surface area contributed by atoms with Gasteiger partial charge in [0, 0.05) is 25.7 Å². The maximum atomic E-state index is 15.7. The lowest BCUT2D eigenvalue weighted by atomic mass is 9.81. The standard InChI is InChI=1S/C27H44F4N6O2/c1-20-11-16-37(15-7-5-6-8-25(35(20)3)39-21(2)27(29,30)31)17-14-26(28)12-9-22(10-13-26)33-24(38)18-23-19-32-36(4)34-23/h6,8,19-22,25H,5,7,9-18H2,1-4H3,(H,33,38)/t20-,21?,22?,25?,26?/m0/s1. The molecule has 1 amide bonds. The van der Waals surface area contributed by atoms with Gasteiger partial charge in [-0.15, -0.1) is 0 Å². The van der Waals surface area contributed by atoms with E-state index in [1.54, 1.807) is 26.4 Å². The van der Waals surface area contributed by atoms with Crippen molar-refractivity contribution in [2.24, 2.45) is 7.05 Å². The van der Waals surface area contributed by atoms with Gasteiger partial charge in [0.2, 0.25) is 5.91 Å². The Morgan fingerprint density at radius 2 is 1.95 bits per heavy atom. The number of nitrogens with one attached hydrogen (secondary N) is 1. The van der Waals surface area contributed by atoms with Crippen LogP contribution >= 0.6 is 0 Å². The van der Waals surface area contributed by atoms with Crippen molar-refractivity contribution in [2.45, 2.75) is 108 Å². The smallest absolute Gasteiger partial charge is 0.353 e. The number of likely N-dealkylation sites (N-methyl/N-ethyl adjacent to an activating group) is 1. The maximum absolute atomic E-state index is 15.7. The number of allylic oxidation sites excluding steroid dienone is 1. The number of ether oxygens (including phenoxy) is 1. The summed E-state index contributed by atoms with van der Waals surface area (Å²) in [4.78, 5) is 17.9. The van der Waals surface area contributed by atoms with Gasteiger partial charge in [-0.3, -0.25) is 9.69 Å². The average molecular weight is 561 g/mol. The summed E-state index contributed by atoms with van der Waals surface area (Å²) < 4.78 is 60.3. The predicted molar refractivity (Wildman–Crippen MR) is 141 cm³/mol. The third kappa shape index (κ3) is 10.1. The SMILES string of the molecule is CC(OC1C=CCCCN(CCC2(F)CCC(NC(=O)Cc3cnn(C)n3)CC2)CC[C@H](C)N1C)C(F)(F)F. The Balaban J connectivity index is 1.45. The third-order valence-electron chi connectivity index (χ3n) is 8.02. The van der Waals surface area contributed by atoms with E-state index >= 15 is 4.39 Å². The molecule has 2 heterocycles. The van der Waals surface area contributed by atoms with E-state index in [4.69, 9.17) is 4.74 Å². The molecule has 1 aliphatic carbocycles. The first kappa shape index (κ1) is 31.5. The Hall–Kier alpha value is -2.05. The lowest BCUT2D eigenvalue weighted by Gasteiger charge is -2.36. The van der Waals surface area contributed by atoms with E-state index in [-0.39, 0.29) is 24.4 Å². The van der Waals surface area contributed by atoms with Gasteiger partial charge in [-0.2, -0.15) is 28.2 Å². The summed E-state index contributed by atoms with van der Waals surface area (Å²) in [6.07, 6.45) is 3.08. The van der Waals surface area contributed by atoms with Crippen molar-refractivity contribution >= 4 is 5.91 Å². The molecule has 0 bridgehead atoms. The van der Waals surface area contributed by atoms with Crippen LogP contribution in [0.1, 0.15) is 70.9 Å². The summed E-state index contributed by atoms with van der Waals surface area (Å²) in [5.74, 6) is -0.121. The normalized spacial score (nSPS) is 29.1. The fourth-order valence-corrected chi connectivity index (χ4v) is 5.17. The van der Waals surface area contributed by atoms with Crippen molar-refractivity contribution in [2.75, 3.05) is 26.7 Å². The molecule has 222 valence electrons. The zero-order valence-electron chi connectivity index (χ0n) is 23.6. The third-order valence-corrected chi connectivity index (χ3v) is 8.02. The van der Waals surface area contributed by atoms with Crippen LogP contribution in [0.3, 0.4) is 0 Å². The van der Waals surface area contributed by atoms with Crippen LogP contribution in [-0.4, -0.2) is 93.6 Å². The number of carbonyl (C=O) groups excluding carboxylic acids is 1. The summed E-state index contributed by atoms with van der Waals surface area (Å²) in [5, 5.41) is 11.1. The molecule has 0 aromatic carbocycles. The van der Waals surface area contributed by atoms with Crippen molar-refractivity contribution in [3.8, 4) is 0 Å². The van der Waals surface area contributed by atoms with Gasteiger partial charge < -0.3 is 15.0 Å². The Kier molecular flexibility index (Phi) is 11.3. The fraction of sp³-hybridized carbons (Fsp3) is 0.815. The van der Waals surface area contributed by atoms with Crippen molar-refractivity contribution in [3.63, 3.8) is 0 Å². The zero-order chi connectivity index (χ0) is 28.6. The highest BCUT2D eigenvalue weighted by Crippen LogP contribution is 2.35. The monoisotopic (exact) mass is 560 g/mol. The molecule has 2 aliphatic rings. The first-order valence-electron chi connectivity index (χ1n) is 14.0. The molecule has 0 saturated heterocycles. The Bertz CT molecular complexity index is 932. The topological polar surface area (TPSA) is 75.5 Å². The highest BCUT2D eigenvalue weighted by atomic mass is 19.4. The molecule has 2 unspecified atom stereocenters. The Morgan fingerprint density at radius 3 is 2.59 bits per heavy atom. The van der Waals surface area contributed by atoms with Crippen LogP contribution in [0.25, 0.3) is 0 Å². The molecular weight excluding hydrogens is 516 g/mol. The number of rotatable bonds is 8. The molecule has 0 spiro atoms. The predicted octanol–water partition coefficient (Wildman–Crippen LogP) is 4.17. The molecule has 1 aromatic rings. The van der Waals surface area contributed by atoms with Crippen molar-refractivity contribution in [3.05, 3.63) is 24.0 Å². The molecule has 1 aromatic heterocycles. The van der Waals surface area contributed by atoms with E-state index in [1.165, 1.54) is 4.80 Å². The van der Waals surface area contributed by atoms with Crippen LogP contribution in [-0.2, 0) is 23.0 Å². The van der Waals surface area contributed by atoms with Crippen LogP contribution in [0, 0.1) is 0 Å². The van der Waals surface area contributed by atoms with Gasteiger partial charge in [0.25, 0.3) is 0 Å². The van der Waals surface area contributed by atoms with Crippen molar-refractivity contribution in [1.29, 1.82) is 0 Å². The van der Waals surface area contributed by atoms with Crippen molar-refractivity contribution in [1.82, 2.24) is 30.1 Å². The van der Waals surface area contributed by atoms with Crippen LogP contribution < -0.4 is 5.32 Å². The summed E-state index contributed by atoms with van der Waals surface area (Å²) in [6.45, 7) is 5.19. The number of alkyl halides is 4. The average Bonchev–Trinajstić information content (AvgIpc) is 3.27. The first-order valence-corrected chi connectivity index (χ1v) is 14.0. The molecule has 1 saturated carbocycles. The Labute approximate surface area is 229 Å². The van der Waals surface area contributed by atoms with E-state index in [1.807, 2.05) is 17.9 Å². The number of aryl methyl sites for hydroxylation is 1. The molecule has 3 rings (SSSR count). The lowest BCUT2D eigenvalue weighted by molar-refractivity contribution is -0.236. The van der Waals surface area contributed by atoms with Gasteiger partial charge in [-0.05, 0) is 91.4 Å². The number of hydrogen-bond acceptors (Lipinski definition) is 6. The first-order chi connectivity index (χ1) is 18.3. The lowest BCUT2D eigenvalue weighted by Crippen LogP contribution is -2.45. The molecule has 12 heteroatoms. The van der Waals surface area contributed by atoms with E-state index in [0.717, 1.165) is 39.3 Å². The second-order valence-corrected chi connectivity index (χ2v) is 11.2. The number of halogens is 4. The second kappa shape index (κ2) is 14.0. The largest absolute Gasteiger partial charge is 0.414 e. The number of nitrogens with zero attached hydrogens (tertiary/aromatic N) is 5. The minimum Gasteiger partial charge on any atom is -0.353 e. The van der Waals surface area contributed by atoms with Gasteiger partial charge in [0.05, 0.1) is 18.3 Å². The van der Waals surface area contributed by atoms with Crippen molar-refractivity contribution < 1.29 is 27.1 Å². The molecule has 1 aliphatic heterocycles. The van der Waals surface area contributed by atoms with Gasteiger partial charge >= 0.3 is 6.18 Å². The fourth-order valence-electron chi connectivity index (χ4n) is 5.17. The maximum Gasteiger partial charge on any atom is 0.414 e. The molecule has 8 nitrogen and oxygen atoms in total. The molecule has 0 radical (unpaired) electrons. The number of aromatic nitrogens is 3. The van der Waals surface area contributed by atoms with Crippen LogP contribution in [0.4, 0.5) is 17.6 Å². The van der Waals surface area contributed by atoms with Gasteiger partial charge in [0.1, 0.15) is 11.9 Å². The Morgan fingerprint density at radius 1 is 1.23 bits per heavy atom.